The fourth-order valence-electron chi connectivity index (χ4n) is 3.59. The van der Waals surface area contributed by atoms with Crippen LogP contribution < -0.4 is 0 Å². The third-order valence-corrected chi connectivity index (χ3v) is 5.76. The van der Waals surface area contributed by atoms with Crippen LogP contribution in [0.4, 0.5) is 0 Å². The molecule has 2 aliphatic rings. The molecule has 6 nitrogen and oxygen atoms in total. The van der Waals surface area contributed by atoms with Crippen LogP contribution in [0.25, 0.3) is 0 Å². The second-order valence-corrected chi connectivity index (χ2v) is 7.34. The van der Waals surface area contributed by atoms with Crippen molar-refractivity contribution in [2.75, 3.05) is 7.05 Å². The summed E-state index contributed by atoms with van der Waals surface area (Å²) < 4.78 is 10.7. The van der Waals surface area contributed by atoms with E-state index in [4.69, 9.17) is 9.47 Å². The van der Waals surface area contributed by atoms with Gasteiger partial charge in [-0.05, 0) is 27.7 Å². The zero-order chi connectivity index (χ0) is 18.1. The highest BCUT2D eigenvalue weighted by Crippen LogP contribution is 2.41. The Bertz CT molecular complexity index is 512. The molecule has 0 aromatic rings. The van der Waals surface area contributed by atoms with Gasteiger partial charge in [-0.2, -0.15) is 0 Å². The monoisotopic (exact) mass is 339 g/mol. The first kappa shape index (κ1) is 18.9. The number of fused-ring (bicyclic) bond motifs is 2. The topological polar surface area (TPSA) is 75.7 Å². The van der Waals surface area contributed by atoms with E-state index < -0.39 is 18.0 Å². The maximum absolute atomic E-state index is 12.5. The molecule has 2 aliphatic heterocycles. The molecular formula is C18H29NO5. The largest absolute Gasteiger partial charge is 0.633 e. The molecule has 2 rings (SSSR count). The van der Waals surface area contributed by atoms with Crippen molar-refractivity contribution in [2.24, 2.45) is 5.92 Å². The first-order chi connectivity index (χ1) is 11.2. The van der Waals surface area contributed by atoms with E-state index in [-0.39, 0.29) is 28.8 Å². The van der Waals surface area contributed by atoms with Crippen LogP contribution in [0.15, 0.2) is 11.6 Å². The van der Waals surface area contributed by atoms with E-state index in [1.54, 1.807) is 40.8 Å². The highest BCUT2D eigenvalue weighted by Gasteiger charge is 2.48. The van der Waals surface area contributed by atoms with Gasteiger partial charge in [-0.3, -0.25) is 4.79 Å². The number of rotatable bonds is 5. The van der Waals surface area contributed by atoms with Crippen LogP contribution in [0, 0.1) is 11.1 Å². The van der Waals surface area contributed by atoms with Crippen molar-refractivity contribution in [3.8, 4) is 0 Å². The van der Waals surface area contributed by atoms with E-state index in [1.807, 2.05) is 0 Å². The SMILES string of the molecule is C/C=C(\C)C(=O)OC(C)C(C)C(=O)OC1C[C@H]2CC[C@@H](C1)[N+]2(C)[O-]. The number of piperidine rings is 1. The molecule has 2 saturated heterocycles. The molecule has 0 spiro atoms. The fraction of sp³-hybridized carbons (Fsp3) is 0.778. The minimum absolute atomic E-state index is 0.0319. The van der Waals surface area contributed by atoms with Gasteiger partial charge < -0.3 is 19.3 Å². The van der Waals surface area contributed by atoms with Crippen LogP contribution in [0.5, 0.6) is 0 Å². The van der Waals surface area contributed by atoms with Gasteiger partial charge in [0.1, 0.15) is 12.2 Å². The van der Waals surface area contributed by atoms with Crippen LogP contribution in [0.1, 0.15) is 53.4 Å². The summed E-state index contributed by atoms with van der Waals surface area (Å²) in [6.45, 7) is 6.84. The van der Waals surface area contributed by atoms with Gasteiger partial charge in [0.2, 0.25) is 0 Å². The van der Waals surface area contributed by atoms with Gasteiger partial charge in [0, 0.05) is 31.3 Å². The summed E-state index contributed by atoms with van der Waals surface area (Å²) in [5, 5.41) is 12.5. The number of nitrogens with zero attached hydrogens (tertiary/aromatic N) is 1. The van der Waals surface area contributed by atoms with Crippen LogP contribution in [-0.4, -0.2) is 47.9 Å². The Morgan fingerprint density at radius 2 is 1.75 bits per heavy atom. The van der Waals surface area contributed by atoms with Crippen LogP contribution in [0.2, 0.25) is 0 Å². The predicted molar refractivity (Wildman–Crippen MR) is 89.6 cm³/mol. The molecule has 0 aliphatic carbocycles. The van der Waals surface area contributed by atoms with Crippen LogP contribution in [-0.2, 0) is 19.1 Å². The number of carbonyl (C=O) groups excluding carboxylic acids is 2. The molecule has 6 atom stereocenters. The van der Waals surface area contributed by atoms with Crippen LogP contribution >= 0.6 is 0 Å². The van der Waals surface area contributed by atoms with Crippen molar-refractivity contribution in [1.82, 2.24) is 0 Å². The maximum atomic E-state index is 12.5. The molecule has 6 heteroatoms. The summed E-state index contributed by atoms with van der Waals surface area (Å²) in [5.74, 6) is -1.31. The summed E-state index contributed by atoms with van der Waals surface area (Å²) in [6.07, 6.45) is 3.99. The summed E-state index contributed by atoms with van der Waals surface area (Å²) in [6, 6.07) is 0.0638. The van der Waals surface area contributed by atoms with Gasteiger partial charge in [0.15, 0.2) is 0 Å². The van der Waals surface area contributed by atoms with E-state index in [1.165, 1.54) is 0 Å². The van der Waals surface area contributed by atoms with Crippen molar-refractivity contribution < 1.29 is 23.7 Å². The zero-order valence-electron chi connectivity index (χ0n) is 15.3. The van der Waals surface area contributed by atoms with Crippen molar-refractivity contribution >= 4 is 11.9 Å². The molecule has 0 aromatic heterocycles. The van der Waals surface area contributed by atoms with Gasteiger partial charge >= 0.3 is 11.9 Å². The number of quaternary nitrogens is 1. The van der Waals surface area contributed by atoms with E-state index in [0.29, 0.717) is 18.4 Å². The Hall–Kier alpha value is -1.40. The number of ether oxygens (including phenoxy) is 2. The number of hydroxylamine groups is 3. The van der Waals surface area contributed by atoms with Crippen molar-refractivity contribution in [1.29, 1.82) is 0 Å². The third kappa shape index (κ3) is 3.81. The van der Waals surface area contributed by atoms with Crippen molar-refractivity contribution in [2.45, 2.75) is 77.7 Å². The molecule has 2 fully saturated rings. The fourth-order valence-corrected chi connectivity index (χ4v) is 3.59. The average molecular weight is 339 g/mol. The minimum atomic E-state index is -0.555. The molecule has 0 aromatic carbocycles. The number of esters is 2. The summed E-state index contributed by atoms with van der Waals surface area (Å²) in [7, 11) is 1.73. The van der Waals surface area contributed by atoms with Crippen molar-refractivity contribution in [3.63, 3.8) is 0 Å². The molecule has 0 amide bonds. The maximum Gasteiger partial charge on any atom is 0.333 e. The first-order valence-corrected chi connectivity index (χ1v) is 8.78. The highest BCUT2D eigenvalue weighted by molar-refractivity contribution is 5.88. The van der Waals surface area contributed by atoms with Crippen molar-refractivity contribution in [3.05, 3.63) is 16.9 Å². The second-order valence-electron chi connectivity index (χ2n) is 7.34. The van der Waals surface area contributed by atoms with E-state index in [0.717, 1.165) is 12.8 Å². The smallest absolute Gasteiger partial charge is 0.333 e. The van der Waals surface area contributed by atoms with Gasteiger partial charge in [-0.1, -0.05) is 6.08 Å². The highest BCUT2D eigenvalue weighted by atomic mass is 16.6. The summed E-state index contributed by atoms with van der Waals surface area (Å²) >= 11 is 0. The van der Waals surface area contributed by atoms with Crippen LogP contribution in [0.3, 0.4) is 0 Å². The molecule has 2 bridgehead atoms. The predicted octanol–water partition coefficient (Wildman–Crippen LogP) is 2.70. The van der Waals surface area contributed by atoms with E-state index >= 15 is 0 Å². The van der Waals surface area contributed by atoms with Gasteiger partial charge in [0.25, 0.3) is 0 Å². The molecule has 0 N–H and O–H groups in total. The molecule has 4 unspecified atom stereocenters. The van der Waals surface area contributed by atoms with E-state index in [2.05, 4.69) is 0 Å². The second kappa shape index (κ2) is 7.23. The normalized spacial score (nSPS) is 35.2. The standard InChI is InChI=1S/C18H29NO5/c1-6-11(2)17(20)23-13(4)12(3)18(21)24-16-9-14-7-8-15(10-16)19(14,5)22/h6,12-16H,7-10H2,1-5H3/b11-6+/t12?,13?,14-,15+,16?,19?. The number of hydrogen-bond acceptors (Lipinski definition) is 5. The Kier molecular flexibility index (Phi) is 5.71. The third-order valence-electron chi connectivity index (χ3n) is 5.76. The van der Waals surface area contributed by atoms with Gasteiger partial charge in [0.05, 0.1) is 25.0 Å². The molecule has 2 heterocycles. The lowest BCUT2D eigenvalue weighted by molar-refractivity contribution is -0.903. The lowest BCUT2D eigenvalue weighted by atomic mass is 9.99. The average Bonchev–Trinajstić information content (AvgIpc) is 2.70. The molecule has 136 valence electrons. The van der Waals surface area contributed by atoms with E-state index in [9.17, 15) is 14.8 Å². The molecule has 0 radical (unpaired) electrons. The Morgan fingerprint density at radius 3 is 2.25 bits per heavy atom. The molecule has 24 heavy (non-hydrogen) atoms. The summed E-state index contributed by atoms with van der Waals surface area (Å²) in [5.41, 5.74) is 0.513. The number of carbonyl (C=O) groups is 2. The molecule has 0 saturated carbocycles. The van der Waals surface area contributed by atoms with Gasteiger partial charge in [-0.25, -0.2) is 4.79 Å². The Labute approximate surface area is 144 Å². The minimum Gasteiger partial charge on any atom is -0.633 e. The lowest BCUT2D eigenvalue weighted by Crippen LogP contribution is -2.55. The van der Waals surface area contributed by atoms with Gasteiger partial charge in [-0.15, -0.1) is 0 Å². The molecular weight excluding hydrogens is 310 g/mol. The number of allylic oxidation sites excluding steroid dienone is 1. The Balaban J connectivity index is 1.87. The Morgan fingerprint density at radius 1 is 1.21 bits per heavy atom. The lowest BCUT2D eigenvalue weighted by Gasteiger charge is -2.50. The first-order valence-electron chi connectivity index (χ1n) is 8.78. The zero-order valence-corrected chi connectivity index (χ0v) is 15.3. The number of hydrogen-bond donors (Lipinski definition) is 0. The summed E-state index contributed by atoms with van der Waals surface area (Å²) in [4.78, 5) is 24.1. The quantitative estimate of drug-likeness (QED) is 0.333.